The first-order chi connectivity index (χ1) is 13.5. The summed E-state index contributed by atoms with van der Waals surface area (Å²) in [6, 6.07) is 17.4. The zero-order valence-corrected chi connectivity index (χ0v) is 16.2. The topological polar surface area (TPSA) is 73.2 Å². The van der Waals surface area contributed by atoms with Crippen LogP contribution in [0.2, 0.25) is 0 Å². The van der Waals surface area contributed by atoms with Crippen LogP contribution in [0.4, 0.5) is 5.69 Å². The summed E-state index contributed by atoms with van der Waals surface area (Å²) < 4.78 is 6.53. The van der Waals surface area contributed by atoms with Crippen LogP contribution in [-0.4, -0.2) is 22.8 Å². The molecule has 1 atom stereocenters. The van der Waals surface area contributed by atoms with Gasteiger partial charge in [-0.25, -0.2) is 4.68 Å². The summed E-state index contributed by atoms with van der Waals surface area (Å²) in [4.78, 5) is 25.3. The molecule has 1 heterocycles. The third-order valence-corrected chi connectivity index (χ3v) is 4.52. The summed E-state index contributed by atoms with van der Waals surface area (Å²) >= 11 is 0. The number of ether oxygens (including phenoxy) is 1. The molecule has 0 unspecified atom stereocenters. The van der Waals surface area contributed by atoms with Crippen LogP contribution in [0, 0.1) is 6.92 Å². The number of methoxy groups -OCH3 is 1. The van der Waals surface area contributed by atoms with Gasteiger partial charge in [-0.2, -0.15) is 5.10 Å². The molecular weight excluding hydrogens is 354 g/mol. The second-order valence-electron chi connectivity index (χ2n) is 6.48. The van der Waals surface area contributed by atoms with Gasteiger partial charge in [-0.05, 0) is 31.5 Å². The maximum Gasteiger partial charge on any atom is 0.267 e. The number of para-hydroxylation sites is 2. The fraction of sp³-hybridized carbons (Fsp3) is 0.227. The van der Waals surface area contributed by atoms with Crippen molar-refractivity contribution in [3.05, 3.63) is 76.6 Å². The average Bonchev–Trinajstić information content (AvgIpc) is 2.71. The van der Waals surface area contributed by atoms with E-state index in [1.165, 1.54) is 10.7 Å². The fourth-order valence-electron chi connectivity index (χ4n) is 2.96. The Bertz CT molecular complexity index is 1030. The molecule has 0 radical (unpaired) electrons. The van der Waals surface area contributed by atoms with E-state index < -0.39 is 6.04 Å². The van der Waals surface area contributed by atoms with E-state index in [1.54, 1.807) is 25.3 Å². The maximum atomic E-state index is 12.9. The monoisotopic (exact) mass is 377 g/mol. The van der Waals surface area contributed by atoms with Gasteiger partial charge in [0.05, 0.1) is 18.5 Å². The molecule has 6 heteroatoms. The molecule has 2 aromatic carbocycles. The molecule has 3 rings (SSSR count). The van der Waals surface area contributed by atoms with E-state index in [-0.39, 0.29) is 11.5 Å². The first kappa shape index (κ1) is 19.4. The van der Waals surface area contributed by atoms with E-state index >= 15 is 0 Å². The minimum absolute atomic E-state index is 0.317. The molecular formula is C22H23N3O3. The van der Waals surface area contributed by atoms with Crippen molar-refractivity contribution in [1.82, 2.24) is 9.78 Å². The molecule has 1 amide bonds. The standard InChI is InChI=1S/C22H23N3O3/c1-4-19(22(27)23-18-7-5-6-8-20(18)28-3)25-21(26)14-13-17(24-25)16-11-9-15(2)10-12-16/h5-14,19H,4H2,1-3H3,(H,23,27)/t19-/m0/s1. The summed E-state index contributed by atoms with van der Waals surface area (Å²) in [5.41, 5.74) is 2.90. The molecule has 0 saturated heterocycles. The van der Waals surface area contributed by atoms with Crippen molar-refractivity contribution in [2.45, 2.75) is 26.3 Å². The van der Waals surface area contributed by atoms with Crippen molar-refractivity contribution in [2.24, 2.45) is 0 Å². The molecule has 144 valence electrons. The van der Waals surface area contributed by atoms with Crippen LogP contribution in [0.1, 0.15) is 24.9 Å². The number of carbonyl (C=O) groups is 1. The molecule has 0 fully saturated rings. The van der Waals surface area contributed by atoms with Gasteiger partial charge in [-0.1, -0.05) is 48.9 Å². The van der Waals surface area contributed by atoms with E-state index in [9.17, 15) is 9.59 Å². The van der Waals surface area contributed by atoms with Crippen LogP contribution in [0.15, 0.2) is 65.5 Å². The van der Waals surface area contributed by atoms with E-state index in [1.807, 2.05) is 50.2 Å². The number of benzene rings is 2. The highest BCUT2D eigenvalue weighted by molar-refractivity contribution is 5.95. The lowest BCUT2D eigenvalue weighted by molar-refractivity contribution is -0.119. The van der Waals surface area contributed by atoms with Gasteiger partial charge < -0.3 is 10.1 Å². The maximum absolute atomic E-state index is 12.9. The van der Waals surface area contributed by atoms with Gasteiger partial charge in [0.2, 0.25) is 5.91 Å². The third kappa shape index (κ3) is 4.11. The zero-order valence-electron chi connectivity index (χ0n) is 16.2. The lowest BCUT2D eigenvalue weighted by Crippen LogP contribution is -2.34. The Balaban J connectivity index is 1.93. The van der Waals surface area contributed by atoms with Crippen molar-refractivity contribution >= 4 is 11.6 Å². The van der Waals surface area contributed by atoms with Crippen molar-refractivity contribution < 1.29 is 9.53 Å². The highest BCUT2D eigenvalue weighted by Crippen LogP contribution is 2.25. The minimum Gasteiger partial charge on any atom is -0.495 e. The van der Waals surface area contributed by atoms with Crippen molar-refractivity contribution in [1.29, 1.82) is 0 Å². The smallest absolute Gasteiger partial charge is 0.267 e. The van der Waals surface area contributed by atoms with Gasteiger partial charge in [0.1, 0.15) is 11.8 Å². The SMILES string of the molecule is CC[C@@H](C(=O)Nc1ccccc1OC)n1nc(-c2ccc(C)cc2)ccc1=O. The Morgan fingerprint density at radius 1 is 1.11 bits per heavy atom. The molecule has 0 aliphatic heterocycles. The Morgan fingerprint density at radius 2 is 1.82 bits per heavy atom. The number of rotatable bonds is 6. The van der Waals surface area contributed by atoms with E-state index in [4.69, 9.17) is 4.74 Å². The molecule has 0 bridgehead atoms. The highest BCUT2D eigenvalue weighted by Gasteiger charge is 2.22. The summed E-state index contributed by atoms with van der Waals surface area (Å²) in [5, 5.41) is 7.30. The Labute approximate surface area is 163 Å². The van der Waals surface area contributed by atoms with Crippen molar-refractivity contribution in [3.63, 3.8) is 0 Å². The van der Waals surface area contributed by atoms with Gasteiger partial charge in [-0.3, -0.25) is 9.59 Å². The van der Waals surface area contributed by atoms with Crippen molar-refractivity contribution in [2.75, 3.05) is 12.4 Å². The van der Waals surface area contributed by atoms with E-state index in [0.29, 0.717) is 23.6 Å². The second-order valence-corrected chi connectivity index (χ2v) is 6.48. The molecule has 0 aliphatic rings. The Morgan fingerprint density at radius 3 is 2.50 bits per heavy atom. The lowest BCUT2D eigenvalue weighted by Gasteiger charge is -2.18. The first-order valence-corrected chi connectivity index (χ1v) is 9.14. The predicted molar refractivity (Wildman–Crippen MR) is 110 cm³/mol. The van der Waals surface area contributed by atoms with Gasteiger partial charge in [0.15, 0.2) is 0 Å². The van der Waals surface area contributed by atoms with E-state index in [2.05, 4.69) is 10.4 Å². The van der Waals surface area contributed by atoms with Gasteiger partial charge in [0.25, 0.3) is 5.56 Å². The number of nitrogens with zero attached hydrogens (tertiary/aromatic N) is 2. The first-order valence-electron chi connectivity index (χ1n) is 9.14. The van der Waals surface area contributed by atoms with Crippen LogP contribution in [0.3, 0.4) is 0 Å². The molecule has 0 aliphatic carbocycles. The van der Waals surface area contributed by atoms with E-state index in [0.717, 1.165) is 11.1 Å². The highest BCUT2D eigenvalue weighted by atomic mass is 16.5. The summed E-state index contributed by atoms with van der Waals surface area (Å²) in [5.74, 6) is 0.238. The zero-order chi connectivity index (χ0) is 20.1. The number of aromatic nitrogens is 2. The van der Waals surface area contributed by atoms with Gasteiger partial charge in [0, 0.05) is 11.6 Å². The number of carbonyl (C=O) groups excluding carboxylic acids is 1. The summed E-state index contributed by atoms with van der Waals surface area (Å²) in [7, 11) is 1.54. The molecule has 3 aromatic rings. The molecule has 6 nitrogen and oxygen atoms in total. The number of amides is 1. The number of hydrogen-bond acceptors (Lipinski definition) is 4. The average molecular weight is 377 g/mol. The van der Waals surface area contributed by atoms with Crippen LogP contribution < -0.4 is 15.6 Å². The molecule has 28 heavy (non-hydrogen) atoms. The van der Waals surface area contributed by atoms with Crippen LogP contribution in [0.5, 0.6) is 5.75 Å². The molecule has 0 spiro atoms. The minimum atomic E-state index is -0.734. The largest absolute Gasteiger partial charge is 0.495 e. The quantitative estimate of drug-likeness (QED) is 0.709. The molecule has 1 N–H and O–H groups in total. The third-order valence-electron chi connectivity index (χ3n) is 4.52. The molecule has 1 aromatic heterocycles. The number of nitrogens with one attached hydrogen (secondary N) is 1. The van der Waals surface area contributed by atoms with Gasteiger partial charge in [-0.15, -0.1) is 0 Å². The fourth-order valence-corrected chi connectivity index (χ4v) is 2.96. The Hall–Kier alpha value is -3.41. The normalized spacial score (nSPS) is 11.7. The molecule has 0 saturated carbocycles. The lowest BCUT2D eigenvalue weighted by atomic mass is 10.1. The van der Waals surface area contributed by atoms with Crippen LogP contribution in [-0.2, 0) is 4.79 Å². The number of hydrogen-bond donors (Lipinski definition) is 1. The van der Waals surface area contributed by atoms with Crippen LogP contribution in [0.25, 0.3) is 11.3 Å². The van der Waals surface area contributed by atoms with Crippen LogP contribution >= 0.6 is 0 Å². The second kappa shape index (κ2) is 8.52. The number of anilines is 1. The predicted octanol–water partition coefficient (Wildman–Crippen LogP) is 3.82. The summed E-state index contributed by atoms with van der Waals surface area (Å²) in [6.07, 6.45) is 0.422. The number of aryl methyl sites for hydroxylation is 1. The summed E-state index contributed by atoms with van der Waals surface area (Å²) in [6.45, 7) is 3.85. The van der Waals surface area contributed by atoms with Gasteiger partial charge >= 0.3 is 0 Å². The Kier molecular flexibility index (Phi) is 5.89. The van der Waals surface area contributed by atoms with Crippen molar-refractivity contribution in [3.8, 4) is 17.0 Å².